The number of para-hydroxylation sites is 1. The Kier molecular flexibility index (Phi) is 9.07. The molecule has 0 saturated carbocycles. The molecule has 2 unspecified atom stereocenters. The van der Waals surface area contributed by atoms with Crippen LogP contribution in [0, 0.1) is 0 Å². The third kappa shape index (κ3) is 6.57. The lowest BCUT2D eigenvalue weighted by Gasteiger charge is -2.48. The molecule has 1 fully saturated rings. The molecule has 3 aromatic carbocycles. The number of hydrogen-bond acceptors (Lipinski definition) is 7. The summed E-state index contributed by atoms with van der Waals surface area (Å²) in [7, 11) is 1.55. The van der Waals surface area contributed by atoms with Crippen LogP contribution in [0.15, 0.2) is 78.9 Å². The van der Waals surface area contributed by atoms with E-state index in [0.29, 0.717) is 23.5 Å². The number of nitrogens with one attached hydrogen (secondary N) is 1. The second-order valence-corrected chi connectivity index (χ2v) is 10.6. The van der Waals surface area contributed by atoms with Crippen LogP contribution >= 0.6 is 11.6 Å². The molecular formula is C32H31ClN2O7. The summed E-state index contributed by atoms with van der Waals surface area (Å²) in [4.78, 5) is 53.1. The van der Waals surface area contributed by atoms with E-state index in [0.717, 1.165) is 11.1 Å². The van der Waals surface area contributed by atoms with Gasteiger partial charge in [0.1, 0.15) is 24.1 Å². The maximum atomic E-state index is 13.2. The number of esters is 1. The number of likely N-dealkylation sites (tertiary alicyclic amines) is 1. The number of rotatable bonds is 12. The van der Waals surface area contributed by atoms with Crippen molar-refractivity contribution in [2.24, 2.45) is 0 Å². The standard InChI is InChI=1S/C32H31ClN2O7/c1-40-23-13-11-21(12-14-23)19-41-32(39)30(33)35-24(15-16-25(36)27-18-22-9-5-6-10-26(22)42-27)29(31(35)38)34-28(37)17-20-7-3-2-4-8-20/h2-14,24,27,29-30H,15-19H2,1H3,(H,34,37)/t24-,27?,29+,30?/m1/s1. The van der Waals surface area contributed by atoms with E-state index in [1.165, 1.54) is 4.90 Å². The zero-order chi connectivity index (χ0) is 29.6. The van der Waals surface area contributed by atoms with Crippen molar-refractivity contribution in [1.82, 2.24) is 10.2 Å². The zero-order valence-electron chi connectivity index (χ0n) is 23.0. The van der Waals surface area contributed by atoms with Crippen LogP contribution < -0.4 is 14.8 Å². The van der Waals surface area contributed by atoms with E-state index in [1.807, 2.05) is 54.6 Å². The summed E-state index contributed by atoms with van der Waals surface area (Å²) in [6.07, 6.45) is 0.182. The predicted octanol–water partition coefficient (Wildman–Crippen LogP) is 3.59. The van der Waals surface area contributed by atoms with Gasteiger partial charge in [0.2, 0.25) is 17.3 Å². The number of carbonyl (C=O) groups excluding carboxylic acids is 4. The van der Waals surface area contributed by atoms with E-state index in [4.69, 9.17) is 25.8 Å². The average Bonchev–Trinajstić information content (AvgIpc) is 3.45. The first kappa shape index (κ1) is 29.1. The first-order valence-corrected chi connectivity index (χ1v) is 14.1. The van der Waals surface area contributed by atoms with E-state index < -0.39 is 35.6 Å². The van der Waals surface area contributed by atoms with Crippen LogP contribution in [0.4, 0.5) is 0 Å². The molecule has 1 N–H and O–H groups in total. The number of benzene rings is 3. The molecule has 218 valence electrons. The van der Waals surface area contributed by atoms with Gasteiger partial charge in [0.15, 0.2) is 11.9 Å². The molecule has 3 aromatic rings. The number of ketones is 1. The molecule has 10 heteroatoms. The van der Waals surface area contributed by atoms with Crippen molar-refractivity contribution >= 4 is 35.2 Å². The topological polar surface area (TPSA) is 111 Å². The van der Waals surface area contributed by atoms with Gasteiger partial charge in [-0.25, -0.2) is 4.79 Å². The highest BCUT2D eigenvalue weighted by atomic mass is 35.5. The van der Waals surface area contributed by atoms with Gasteiger partial charge < -0.3 is 24.4 Å². The SMILES string of the molecule is COc1ccc(COC(=O)C(Cl)N2C(=O)[C@@H](NC(=O)Cc3ccccc3)[C@H]2CCC(=O)C2Cc3ccccc3O2)cc1. The lowest BCUT2D eigenvalue weighted by Crippen LogP contribution is -2.73. The lowest BCUT2D eigenvalue weighted by molar-refractivity contribution is -0.166. The van der Waals surface area contributed by atoms with Crippen molar-refractivity contribution in [3.05, 3.63) is 95.6 Å². The van der Waals surface area contributed by atoms with Crippen LogP contribution in [0.25, 0.3) is 0 Å². The molecular weight excluding hydrogens is 560 g/mol. The average molecular weight is 591 g/mol. The van der Waals surface area contributed by atoms with E-state index >= 15 is 0 Å². The Bertz CT molecular complexity index is 1420. The number of ether oxygens (including phenoxy) is 3. The maximum Gasteiger partial charge on any atom is 0.344 e. The summed E-state index contributed by atoms with van der Waals surface area (Å²) >= 11 is 6.46. The molecule has 0 radical (unpaired) electrons. The molecule has 1 saturated heterocycles. The molecule has 0 aromatic heterocycles. The van der Waals surface area contributed by atoms with Crippen LogP contribution in [0.5, 0.6) is 11.5 Å². The van der Waals surface area contributed by atoms with Gasteiger partial charge >= 0.3 is 5.97 Å². The Morgan fingerprint density at radius 2 is 1.71 bits per heavy atom. The van der Waals surface area contributed by atoms with E-state index in [2.05, 4.69) is 5.32 Å². The predicted molar refractivity (Wildman–Crippen MR) is 154 cm³/mol. The molecule has 5 rings (SSSR count). The molecule has 0 aliphatic carbocycles. The number of amides is 2. The molecule has 0 spiro atoms. The molecule has 9 nitrogen and oxygen atoms in total. The van der Waals surface area contributed by atoms with Crippen molar-refractivity contribution in [1.29, 1.82) is 0 Å². The largest absolute Gasteiger partial charge is 0.497 e. The minimum Gasteiger partial charge on any atom is -0.497 e. The van der Waals surface area contributed by atoms with Gasteiger partial charge in [0.25, 0.3) is 0 Å². The van der Waals surface area contributed by atoms with Crippen molar-refractivity contribution in [2.45, 2.75) is 56.0 Å². The quantitative estimate of drug-likeness (QED) is 0.148. The number of β-lactam (4-membered cyclic amide) rings is 1. The number of alkyl halides is 1. The summed E-state index contributed by atoms with van der Waals surface area (Å²) in [6.45, 7) is -0.0476. The monoisotopic (exact) mass is 590 g/mol. The van der Waals surface area contributed by atoms with Crippen LogP contribution in [0.2, 0.25) is 0 Å². The lowest BCUT2D eigenvalue weighted by atomic mass is 9.88. The van der Waals surface area contributed by atoms with Crippen LogP contribution in [0.1, 0.15) is 29.5 Å². The van der Waals surface area contributed by atoms with Gasteiger partial charge in [-0.15, -0.1) is 0 Å². The fourth-order valence-corrected chi connectivity index (χ4v) is 5.49. The molecule has 4 atom stereocenters. The highest BCUT2D eigenvalue weighted by molar-refractivity contribution is 6.31. The fourth-order valence-electron chi connectivity index (χ4n) is 5.19. The number of hydrogen-bond donors (Lipinski definition) is 1. The minimum atomic E-state index is -1.43. The van der Waals surface area contributed by atoms with E-state index in [9.17, 15) is 19.2 Å². The van der Waals surface area contributed by atoms with Crippen molar-refractivity contribution < 1.29 is 33.4 Å². The smallest absolute Gasteiger partial charge is 0.344 e. The molecule has 2 aliphatic heterocycles. The Labute approximate surface area is 248 Å². The van der Waals surface area contributed by atoms with Crippen molar-refractivity contribution in [2.75, 3.05) is 7.11 Å². The minimum absolute atomic E-state index is 0.0476. The van der Waals surface area contributed by atoms with E-state index in [-0.39, 0.29) is 37.6 Å². The van der Waals surface area contributed by atoms with Crippen LogP contribution in [-0.4, -0.2) is 59.3 Å². The second kappa shape index (κ2) is 13.1. The highest BCUT2D eigenvalue weighted by Gasteiger charge is 2.52. The van der Waals surface area contributed by atoms with E-state index in [1.54, 1.807) is 31.4 Å². The third-order valence-corrected chi connectivity index (χ3v) is 7.85. The molecule has 2 heterocycles. The summed E-state index contributed by atoms with van der Waals surface area (Å²) < 4.78 is 16.3. The van der Waals surface area contributed by atoms with Gasteiger partial charge in [-0.3, -0.25) is 14.4 Å². The van der Waals surface area contributed by atoms with Crippen LogP contribution in [0.3, 0.4) is 0 Å². The zero-order valence-corrected chi connectivity index (χ0v) is 23.8. The van der Waals surface area contributed by atoms with Gasteiger partial charge in [-0.1, -0.05) is 72.3 Å². The Morgan fingerprint density at radius 1 is 1.00 bits per heavy atom. The number of carbonyl (C=O) groups is 4. The number of Topliss-reactive ketones (excluding diaryl/α,β-unsaturated/α-hetero) is 1. The fraction of sp³-hybridized carbons (Fsp3) is 0.312. The molecule has 2 aliphatic rings. The number of methoxy groups -OCH3 is 1. The first-order chi connectivity index (χ1) is 20.3. The van der Waals surface area contributed by atoms with Crippen molar-refractivity contribution in [3.8, 4) is 11.5 Å². The first-order valence-electron chi connectivity index (χ1n) is 13.7. The maximum absolute atomic E-state index is 13.2. The summed E-state index contributed by atoms with van der Waals surface area (Å²) in [6, 6.07) is 22.0. The summed E-state index contributed by atoms with van der Waals surface area (Å²) in [5.74, 6) is -0.453. The number of halogens is 1. The van der Waals surface area contributed by atoms with Gasteiger partial charge in [-0.05, 0) is 41.3 Å². The molecule has 2 amide bonds. The normalized spacial score (nSPS) is 19.6. The number of fused-ring (bicyclic) bond motifs is 1. The van der Waals surface area contributed by atoms with Crippen molar-refractivity contribution in [3.63, 3.8) is 0 Å². The molecule has 0 bridgehead atoms. The Hall–Kier alpha value is -4.37. The second-order valence-electron chi connectivity index (χ2n) is 10.2. The highest BCUT2D eigenvalue weighted by Crippen LogP contribution is 2.32. The van der Waals surface area contributed by atoms with Gasteiger partial charge in [0, 0.05) is 12.8 Å². The summed E-state index contributed by atoms with van der Waals surface area (Å²) in [5.41, 5.74) is 1.04. The number of nitrogens with zero attached hydrogens (tertiary/aromatic N) is 1. The summed E-state index contributed by atoms with van der Waals surface area (Å²) in [5, 5.41) is 2.77. The Balaban J connectivity index is 1.23. The molecule has 42 heavy (non-hydrogen) atoms. The van der Waals surface area contributed by atoms with Gasteiger partial charge in [0.05, 0.1) is 19.6 Å². The van der Waals surface area contributed by atoms with Gasteiger partial charge in [-0.2, -0.15) is 0 Å². The third-order valence-electron chi connectivity index (χ3n) is 7.46. The Morgan fingerprint density at radius 3 is 2.43 bits per heavy atom. The van der Waals surface area contributed by atoms with Crippen LogP contribution in [-0.2, 0) is 43.4 Å².